The molecule has 1 rings (SSSR count). The molecule has 1 aromatic rings. The van der Waals surface area contributed by atoms with E-state index in [0.717, 1.165) is 18.9 Å². The van der Waals surface area contributed by atoms with Gasteiger partial charge >= 0.3 is 7.12 Å². The summed E-state index contributed by atoms with van der Waals surface area (Å²) >= 11 is 0. The van der Waals surface area contributed by atoms with Gasteiger partial charge in [0, 0.05) is 12.5 Å². The third-order valence-electron chi connectivity index (χ3n) is 2.90. The highest BCUT2D eigenvalue weighted by Crippen LogP contribution is 2.22. The van der Waals surface area contributed by atoms with Gasteiger partial charge in [-0.05, 0) is 30.9 Å². The summed E-state index contributed by atoms with van der Waals surface area (Å²) in [5.74, 6) is -0.326. The van der Waals surface area contributed by atoms with Crippen LogP contribution in [0.1, 0.15) is 25.7 Å². The number of rotatable bonds is 8. The van der Waals surface area contributed by atoms with Crippen LogP contribution in [0.15, 0.2) is 18.2 Å². The average molecular weight is 295 g/mol. The van der Waals surface area contributed by atoms with Gasteiger partial charge in [0.05, 0.1) is 4.92 Å². The minimum Gasteiger partial charge on any atom is -0.423 e. The number of amides is 1. The maximum absolute atomic E-state index is 11.7. The number of carbonyl (C=O) groups is 1. The van der Waals surface area contributed by atoms with Crippen molar-refractivity contribution in [3.63, 3.8) is 0 Å². The van der Waals surface area contributed by atoms with Crippen molar-refractivity contribution >= 4 is 29.9 Å². The van der Waals surface area contributed by atoms with Crippen molar-refractivity contribution in [1.29, 1.82) is 0 Å². The third kappa shape index (κ3) is 5.50. The Hall–Kier alpha value is -1.97. The first-order chi connectivity index (χ1) is 9.95. The Morgan fingerprint density at radius 1 is 1.33 bits per heavy atom. The van der Waals surface area contributed by atoms with E-state index >= 15 is 0 Å². The van der Waals surface area contributed by atoms with E-state index in [1.54, 1.807) is 0 Å². The van der Waals surface area contributed by atoms with Crippen LogP contribution in [-0.4, -0.2) is 34.5 Å². The van der Waals surface area contributed by atoms with Crippen LogP contribution in [0, 0.1) is 10.1 Å². The van der Waals surface area contributed by atoms with Gasteiger partial charge in [-0.2, -0.15) is 0 Å². The molecular formula is C12H18BN3O5. The van der Waals surface area contributed by atoms with E-state index in [2.05, 4.69) is 5.32 Å². The van der Waals surface area contributed by atoms with Crippen molar-refractivity contribution < 1.29 is 19.8 Å². The molecule has 0 aliphatic rings. The van der Waals surface area contributed by atoms with Gasteiger partial charge in [0.2, 0.25) is 5.91 Å². The number of nitro groups is 1. The first kappa shape index (κ1) is 17.1. The fourth-order valence-electron chi connectivity index (χ4n) is 1.79. The number of hydrogen-bond acceptors (Lipinski definition) is 6. The third-order valence-corrected chi connectivity index (χ3v) is 2.90. The molecule has 0 aliphatic carbocycles. The van der Waals surface area contributed by atoms with Crippen molar-refractivity contribution in [3.8, 4) is 0 Å². The van der Waals surface area contributed by atoms with Gasteiger partial charge < -0.3 is 21.1 Å². The molecule has 1 aromatic carbocycles. The van der Waals surface area contributed by atoms with Crippen LogP contribution < -0.4 is 16.5 Å². The van der Waals surface area contributed by atoms with Crippen LogP contribution in [0.2, 0.25) is 0 Å². The second-order valence-electron chi connectivity index (χ2n) is 4.55. The summed E-state index contributed by atoms with van der Waals surface area (Å²) < 4.78 is 0. The average Bonchev–Trinajstić information content (AvgIpc) is 2.43. The van der Waals surface area contributed by atoms with E-state index in [1.807, 2.05) is 0 Å². The van der Waals surface area contributed by atoms with Gasteiger partial charge in [0.1, 0.15) is 5.69 Å². The number of benzene rings is 1. The zero-order valence-electron chi connectivity index (χ0n) is 11.5. The van der Waals surface area contributed by atoms with E-state index in [1.165, 1.54) is 12.1 Å². The van der Waals surface area contributed by atoms with Gasteiger partial charge in [-0.15, -0.1) is 0 Å². The molecule has 0 aromatic heterocycles. The van der Waals surface area contributed by atoms with E-state index in [9.17, 15) is 14.9 Å². The number of unbranched alkanes of at least 4 members (excludes halogenated alkanes) is 2. The van der Waals surface area contributed by atoms with Crippen LogP contribution in [0.4, 0.5) is 11.4 Å². The summed E-state index contributed by atoms with van der Waals surface area (Å²) in [5.41, 5.74) is 4.99. The summed E-state index contributed by atoms with van der Waals surface area (Å²) in [4.78, 5) is 22.0. The molecule has 0 radical (unpaired) electrons. The molecule has 0 fully saturated rings. The zero-order valence-corrected chi connectivity index (χ0v) is 11.5. The highest BCUT2D eigenvalue weighted by molar-refractivity contribution is 6.58. The first-order valence-electron chi connectivity index (χ1n) is 6.60. The van der Waals surface area contributed by atoms with Crippen molar-refractivity contribution in [2.75, 3.05) is 11.9 Å². The minimum atomic E-state index is -1.80. The maximum Gasteiger partial charge on any atom is 0.488 e. The molecule has 114 valence electrons. The van der Waals surface area contributed by atoms with Gasteiger partial charge in [-0.1, -0.05) is 12.5 Å². The topological polar surface area (TPSA) is 139 Å². The Labute approximate surface area is 122 Å². The predicted octanol–water partition coefficient (Wildman–Crippen LogP) is -0.268. The molecule has 0 aliphatic heterocycles. The van der Waals surface area contributed by atoms with Crippen LogP contribution in [0.25, 0.3) is 0 Å². The Morgan fingerprint density at radius 2 is 2.05 bits per heavy atom. The van der Waals surface area contributed by atoms with Crippen LogP contribution in [-0.2, 0) is 4.79 Å². The number of nitrogens with one attached hydrogen (secondary N) is 1. The fraction of sp³-hybridized carbons (Fsp3) is 0.417. The molecule has 0 saturated carbocycles. The monoisotopic (exact) mass is 295 g/mol. The lowest BCUT2D eigenvalue weighted by atomic mass is 9.80. The van der Waals surface area contributed by atoms with Crippen LogP contribution in [0.3, 0.4) is 0 Å². The lowest BCUT2D eigenvalue weighted by Crippen LogP contribution is -2.30. The Bertz CT molecular complexity index is 510. The summed E-state index contributed by atoms with van der Waals surface area (Å²) in [6.07, 6.45) is 2.56. The highest BCUT2D eigenvalue weighted by atomic mass is 16.6. The number of carbonyl (C=O) groups excluding carboxylic acids is 1. The molecule has 0 spiro atoms. The number of nitrogens with zero attached hydrogens (tertiary/aromatic N) is 1. The SMILES string of the molecule is NCCCCCC(=O)Nc1ccc(B(O)O)cc1[N+](=O)[O-]. The summed E-state index contributed by atoms with van der Waals surface area (Å²) in [6, 6.07) is 3.61. The summed E-state index contributed by atoms with van der Waals surface area (Å²) in [6.45, 7) is 0.567. The Kier molecular flexibility index (Phi) is 6.79. The molecule has 0 heterocycles. The first-order valence-corrected chi connectivity index (χ1v) is 6.60. The van der Waals surface area contributed by atoms with Crippen molar-refractivity contribution in [2.24, 2.45) is 5.73 Å². The van der Waals surface area contributed by atoms with Gasteiger partial charge in [0.15, 0.2) is 0 Å². The second-order valence-corrected chi connectivity index (χ2v) is 4.55. The van der Waals surface area contributed by atoms with E-state index in [4.69, 9.17) is 15.8 Å². The van der Waals surface area contributed by atoms with Crippen LogP contribution in [0.5, 0.6) is 0 Å². The molecular weight excluding hydrogens is 277 g/mol. The highest BCUT2D eigenvalue weighted by Gasteiger charge is 2.20. The molecule has 21 heavy (non-hydrogen) atoms. The number of anilines is 1. The molecule has 0 bridgehead atoms. The van der Waals surface area contributed by atoms with Gasteiger partial charge in [0.25, 0.3) is 5.69 Å². The zero-order chi connectivity index (χ0) is 15.8. The summed E-state index contributed by atoms with van der Waals surface area (Å²) in [7, 11) is -1.80. The maximum atomic E-state index is 11.7. The Morgan fingerprint density at radius 3 is 2.62 bits per heavy atom. The predicted molar refractivity (Wildman–Crippen MR) is 79.1 cm³/mol. The molecule has 8 nitrogen and oxygen atoms in total. The van der Waals surface area contributed by atoms with Gasteiger partial charge in [-0.3, -0.25) is 14.9 Å². The molecule has 9 heteroatoms. The smallest absolute Gasteiger partial charge is 0.423 e. The van der Waals surface area contributed by atoms with E-state index in [0.29, 0.717) is 13.0 Å². The molecule has 0 unspecified atom stereocenters. The minimum absolute atomic E-state index is 0.0114. The largest absolute Gasteiger partial charge is 0.488 e. The lowest BCUT2D eigenvalue weighted by molar-refractivity contribution is -0.383. The quantitative estimate of drug-likeness (QED) is 0.225. The lowest BCUT2D eigenvalue weighted by Gasteiger charge is -2.07. The number of nitrogens with two attached hydrogens (primary N) is 1. The van der Waals surface area contributed by atoms with Gasteiger partial charge in [-0.25, -0.2) is 0 Å². The fourth-order valence-corrected chi connectivity index (χ4v) is 1.79. The number of nitro benzene ring substituents is 1. The molecule has 5 N–H and O–H groups in total. The summed E-state index contributed by atoms with van der Waals surface area (Å²) in [5, 5.41) is 31.4. The molecule has 1 amide bonds. The molecule has 0 saturated heterocycles. The second kappa shape index (κ2) is 8.35. The van der Waals surface area contributed by atoms with Crippen molar-refractivity contribution in [2.45, 2.75) is 25.7 Å². The van der Waals surface area contributed by atoms with Crippen LogP contribution >= 0.6 is 0 Å². The molecule has 0 atom stereocenters. The van der Waals surface area contributed by atoms with E-state index < -0.39 is 12.0 Å². The number of hydrogen-bond donors (Lipinski definition) is 4. The van der Waals surface area contributed by atoms with Crippen molar-refractivity contribution in [1.82, 2.24) is 0 Å². The normalized spacial score (nSPS) is 10.2. The van der Waals surface area contributed by atoms with Crippen molar-refractivity contribution in [3.05, 3.63) is 28.3 Å². The van der Waals surface area contributed by atoms with E-state index in [-0.39, 0.29) is 29.2 Å². The Balaban J connectivity index is 2.73. The standard InChI is InChI=1S/C12H18BN3O5/c14-7-3-1-2-4-12(17)15-10-6-5-9(13(18)19)8-11(10)16(20)21/h5-6,8,18-19H,1-4,7,14H2,(H,15,17).